The summed E-state index contributed by atoms with van der Waals surface area (Å²) < 4.78 is 10.9. The highest BCUT2D eigenvalue weighted by Crippen LogP contribution is 2.42. The summed E-state index contributed by atoms with van der Waals surface area (Å²) in [7, 11) is 0. The van der Waals surface area contributed by atoms with E-state index >= 15 is 0 Å². The average molecular weight is 343 g/mol. The van der Waals surface area contributed by atoms with Gasteiger partial charge in [-0.2, -0.15) is 0 Å². The molecule has 1 aliphatic heterocycles. The molecule has 0 aliphatic carbocycles. The van der Waals surface area contributed by atoms with E-state index in [1.165, 1.54) is 11.3 Å². The quantitative estimate of drug-likeness (QED) is 0.669. The molecule has 124 valence electrons. The zero-order valence-corrected chi connectivity index (χ0v) is 14.0. The molecule has 1 aromatic carbocycles. The number of hydrogen-bond acceptors (Lipinski definition) is 5. The minimum absolute atomic E-state index is 0.335. The van der Waals surface area contributed by atoms with Crippen molar-refractivity contribution in [2.45, 2.75) is 19.6 Å². The van der Waals surface area contributed by atoms with E-state index in [9.17, 15) is 9.59 Å². The molecule has 24 heavy (non-hydrogen) atoms. The Labute approximate surface area is 143 Å². The highest BCUT2D eigenvalue weighted by molar-refractivity contribution is 7.17. The van der Waals surface area contributed by atoms with Gasteiger partial charge < -0.3 is 14.8 Å². The van der Waals surface area contributed by atoms with Crippen LogP contribution in [0, 0.1) is 0 Å². The van der Waals surface area contributed by atoms with E-state index in [-0.39, 0.29) is 5.91 Å². The minimum atomic E-state index is -0.861. The van der Waals surface area contributed by atoms with E-state index < -0.39 is 12.1 Å². The van der Waals surface area contributed by atoms with Crippen LogP contribution >= 0.6 is 11.3 Å². The molecule has 0 saturated carbocycles. The standard InChI is InChI=1S/C18H17NO4S/c1-3-8-19-17(20)11(2)23-18(21)15-9-12-10-22-14-7-5-4-6-13(14)16(12)24-15/h3-7,9,11H,1,8,10H2,2H3,(H,19,20)/t11-/m0/s1. The van der Waals surface area contributed by atoms with Crippen molar-refractivity contribution in [3.8, 4) is 16.2 Å². The number of esters is 1. The van der Waals surface area contributed by atoms with Crippen LogP contribution in [0.1, 0.15) is 22.2 Å². The van der Waals surface area contributed by atoms with Crippen molar-refractivity contribution in [2.24, 2.45) is 0 Å². The lowest BCUT2D eigenvalue weighted by Crippen LogP contribution is -2.35. The van der Waals surface area contributed by atoms with Gasteiger partial charge in [0, 0.05) is 22.5 Å². The molecule has 3 rings (SSSR count). The first kappa shape index (κ1) is 16.3. The molecule has 1 aromatic heterocycles. The summed E-state index contributed by atoms with van der Waals surface area (Å²) in [5, 5.41) is 2.60. The average Bonchev–Trinajstić information content (AvgIpc) is 3.04. The molecule has 0 radical (unpaired) electrons. The summed E-state index contributed by atoms with van der Waals surface area (Å²) in [5.41, 5.74) is 1.92. The number of thiophene rings is 1. The molecule has 0 saturated heterocycles. The van der Waals surface area contributed by atoms with Crippen molar-refractivity contribution >= 4 is 23.2 Å². The van der Waals surface area contributed by atoms with Gasteiger partial charge in [-0.3, -0.25) is 4.79 Å². The number of hydrogen-bond donors (Lipinski definition) is 1. The van der Waals surface area contributed by atoms with Crippen LogP contribution in [0.15, 0.2) is 43.0 Å². The van der Waals surface area contributed by atoms with Crippen molar-refractivity contribution in [2.75, 3.05) is 6.54 Å². The van der Waals surface area contributed by atoms with Crippen LogP contribution in [-0.2, 0) is 16.1 Å². The maximum absolute atomic E-state index is 12.3. The molecule has 1 N–H and O–H groups in total. The molecule has 6 heteroatoms. The normalized spacial score (nSPS) is 13.0. The van der Waals surface area contributed by atoms with E-state index in [0.29, 0.717) is 18.0 Å². The van der Waals surface area contributed by atoms with Gasteiger partial charge in [-0.15, -0.1) is 17.9 Å². The summed E-state index contributed by atoms with van der Waals surface area (Å²) in [6.45, 7) is 5.82. The number of carbonyl (C=O) groups is 2. The fourth-order valence-electron chi connectivity index (χ4n) is 2.39. The third-order valence-corrected chi connectivity index (χ3v) is 4.79. The highest BCUT2D eigenvalue weighted by Gasteiger charge is 2.25. The summed E-state index contributed by atoms with van der Waals surface area (Å²) in [6.07, 6.45) is 0.706. The van der Waals surface area contributed by atoms with Crippen LogP contribution in [0.2, 0.25) is 0 Å². The van der Waals surface area contributed by atoms with Crippen LogP contribution in [0.4, 0.5) is 0 Å². The second kappa shape index (κ2) is 6.88. The number of fused-ring (bicyclic) bond motifs is 3. The Hall–Kier alpha value is -2.60. The van der Waals surface area contributed by atoms with Gasteiger partial charge in [0.2, 0.25) is 0 Å². The first-order chi connectivity index (χ1) is 11.6. The third-order valence-electron chi connectivity index (χ3n) is 3.60. The smallest absolute Gasteiger partial charge is 0.349 e. The number of amides is 1. The van der Waals surface area contributed by atoms with Crippen molar-refractivity contribution in [3.05, 3.63) is 53.4 Å². The van der Waals surface area contributed by atoms with E-state index in [1.54, 1.807) is 19.1 Å². The maximum atomic E-state index is 12.3. The van der Waals surface area contributed by atoms with Gasteiger partial charge in [-0.05, 0) is 25.1 Å². The van der Waals surface area contributed by atoms with Gasteiger partial charge in [0.05, 0.1) is 0 Å². The second-order valence-electron chi connectivity index (χ2n) is 5.33. The molecular formula is C18H17NO4S. The number of nitrogens with one attached hydrogen (secondary N) is 1. The second-order valence-corrected chi connectivity index (χ2v) is 6.38. The lowest BCUT2D eigenvalue weighted by Gasteiger charge is -2.16. The number of ether oxygens (including phenoxy) is 2. The molecule has 0 fully saturated rings. The van der Waals surface area contributed by atoms with Crippen molar-refractivity contribution in [1.82, 2.24) is 5.32 Å². The Balaban J connectivity index is 1.75. The van der Waals surface area contributed by atoms with E-state index in [2.05, 4.69) is 11.9 Å². The van der Waals surface area contributed by atoms with Gasteiger partial charge in [-0.1, -0.05) is 18.2 Å². The molecule has 0 bridgehead atoms. The predicted octanol–water partition coefficient (Wildman–Crippen LogP) is 3.16. The van der Waals surface area contributed by atoms with Gasteiger partial charge in [0.15, 0.2) is 6.10 Å². The molecule has 1 atom stereocenters. The monoisotopic (exact) mass is 343 g/mol. The van der Waals surface area contributed by atoms with Gasteiger partial charge >= 0.3 is 5.97 Å². The molecule has 1 amide bonds. The Morgan fingerprint density at radius 1 is 1.46 bits per heavy atom. The zero-order valence-electron chi connectivity index (χ0n) is 13.2. The van der Waals surface area contributed by atoms with E-state index in [4.69, 9.17) is 9.47 Å². The Morgan fingerprint density at radius 3 is 3.04 bits per heavy atom. The SMILES string of the molecule is C=CCNC(=O)[C@H](C)OC(=O)c1cc2c(s1)-c1ccccc1OC2. The number of carbonyl (C=O) groups excluding carboxylic acids is 2. The first-order valence-electron chi connectivity index (χ1n) is 7.54. The molecule has 5 nitrogen and oxygen atoms in total. The molecule has 1 aliphatic rings. The highest BCUT2D eigenvalue weighted by atomic mass is 32.1. The first-order valence-corrected chi connectivity index (χ1v) is 8.36. The topological polar surface area (TPSA) is 64.6 Å². The molecule has 0 spiro atoms. The van der Waals surface area contributed by atoms with Crippen molar-refractivity contribution in [3.63, 3.8) is 0 Å². The van der Waals surface area contributed by atoms with Crippen LogP contribution in [0.5, 0.6) is 5.75 Å². The molecule has 0 unspecified atom stereocenters. The van der Waals surface area contributed by atoms with Gasteiger partial charge in [-0.25, -0.2) is 4.79 Å². The van der Waals surface area contributed by atoms with Crippen molar-refractivity contribution < 1.29 is 19.1 Å². The summed E-state index contributed by atoms with van der Waals surface area (Å²) in [6, 6.07) is 9.48. The number of para-hydroxylation sites is 1. The van der Waals surface area contributed by atoms with Crippen LogP contribution < -0.4 is 10.1 Å². The molecule has 2 heterocycles. The van der Waals surface area contributed by atoms with Crippen LogP contribution in [-0.4, -0.2) is 24.5 Å². The minimum Gasteiger partial charge on any atom is -0.488 e. The summed E-state index contributed by atoms with van der Waals surface area (Å²) >= 11 is 1.36. The van der Waals surface area contributed by atoms with Gasteiger partial charge in [0.1, 0.15) is 17.2 Å². The Bertz CT molecular complexity index is 796. The fraction of sp³-hybridized carbons (Fsp3) is 0.222. The molecular weight excluding hydrogens is 326 g/mol. The Kier molecular flexibility index (Phi) is 4.66. The number of benzene rings is 1. The lowest BCUT2D eigenvalue weighted by atomic mass is 10.1. The third kappa shape index (κ3) is 3.19. The predicted molar refractivity (Wildman–Crippen MR) is 92.2 cm³/mol. The Morgan fingerprint density at radius 2 is 2.25 bits per heavy atom. The largest absolute Gasteiger partial charge is 0.488 e. The van der Waals surface area contributed by atoms with Gasteiger partial charge in [0.25, 0.3) is 5.91 Å². The maximum Gasteiger partial charge on any atom is 0.349 e. The van der Waals surface area contributed by atoms with E-state index in [1.807, 2.05) is 24.3 Å². The van der Waals surface area contributed by atoms with E-state index in [0.717, 1.165) is 21.8 Å². The van der Waals surface area contributed by atoms with Crippen LogP contribution in [0.25, 0.3) is 10.4 Å². The number of rotatable bonds is 5. The lowest BCUT2D eigenvalue weighted by molar-refractivity contribution is -0.128. The zero-order chi connectivity index (χ0) is 17.1. The summed E-state index contributed by atoms with van der Waals surface area (Å²) in [4.78, 5) is 25.6. The fourth-order valence-corrected chi connectivity index (χ4v) is 3.47. The summed E-state index contributed by atoms with van der Waals surface area (Å²) in [5.74, 6) is -0.0460. The van der Waals surface area contributed by atoms with Crippen LogP contribution in [0.3, 0.4) is 0 Å². The van der Waals surface area contributed by atoms with Crippen molar-refractivity contribution in [1.29, 1.82) is 0 Å². The molecule has 2 aromatic rings.